The molecule has 3 N–H and O–H groups in total. The lowest BCUT2D eigenvalue weighted by Crippen LogP contribution is -2.44. The number of carbonyl (C=O) groups excluding carboxylic acids is 2. The molecule has 0 heterocycles. The Bertz CT molecular complexity index is 464. The van der Waals surface area contributed by atoms with E-state index < -0.39 is 11.5 Å². The van der Waals surface area contributed by atoms with E-state index in [-0.39, 0.29) is 12.1 Å². The van der Waals surface area contributed by atoms with Crippen LogP contribution in [-0.4, -0.2) is 35.7 Å². The van der Waals surface area contributed by atoms with Gasteiger partial charge in [0.05, 0.1) is 0 Å². The number of amides is 1. The van der Waals surface area contributed by atoms with Gasteiger partial charge in [-0.15, -0.1) is 0 Å². The monoisotopic (exact) mass is 248 g/mol. The first-order valence-electron chi connectivity index (χ1n) is 5.48. The van der Waals surface area contributed by atoms with Crippen molar-refractivity contribution >= 4 is 17.9 Å². The largest absolute Gasteiger partial charge is 0.380 e. The summed E-state index contributed by atoms with van der Waals surface area (Å²) in [6.07, 6.45) is 0.626. The van der Waals surface area contributed by atoms with Gasteiger partial charge in [0, 0.05) is 24.7 Å². The SMILES string of the molecule is CNC(=O)C(C)(O)CC(=N)c1ccc(C=O)cc1. The maximum absolute atomic E-state index is 11.4. The average Bonchev–Trinajstić information content (AvgIpc) is 2.37. The van der Waals surface area contributed by atoms with E-state index in [1.54, 1.807) is 24.3 Å². The number of aliphatic hydroxyl groups is 1. The number of aldehydes is 1. The van der Waals surface area contributed by atoms with E-state index >= 15 is 0 Å². The molecule has 0 aliphatic carbocycles. The van der Waals surface area contributed by atoms with Gasteiger partial charge in [-0.3, -0.25) is 9.59 Å². The van der Waals surface area contributed by atoms with Gasteiger partial charge in [-0.1, -0.05) is 24.3 Å². The maximum Gasteiger partial charge on any atom is 0.251 e. The van der Waals surface area contributed by atoms with Gasteiger partial charge in [0.1, 0.15) is 11.9 Å². The standard InChI is InChI=1S/C13H16N2O3/c1-13(18,12(17)15-2)7-11(14)10-5-3-9(8-16)4-6-10/h3-6,8,14,18H,7H2,1-2H3,(H,15,17). The summed E-state index contributed by atoms with van der Waals surface area (Å²) in [5.41, 5.74) is -0.384. The summed E-state index contributed by atoms with van der Waals surface area (Å²) in [6.45, 7) is 1.36. The van der Waals surface area contributed by atoms with Crippen molar-refractivity contribution in [3.05, 3.63) is 35.4 Å². The summed E-state index contributed by atoms with van der Waals surface area (Å²) in [6, 6.07) is 6.41. The van der Waals surface area contributed by atoms with Crippen molar-refractivity contribution in [3.63, 3.8) is 0 Å². The highest BCUT2D eigenvalue weighted by atomic mass is 16.3. The highest BCUT2D eigenvalue weighted by Crippen LogP contribution is 2.14. The minimum Gasteiger partial charge on any atom is -0.380 e. The summed E-state index contributed by atoms with van der Waals surface area (Å²) >= 11 is 0. The molecule has 0 aromatic heterocycles. The highest BCUT2D eigenvalue weighted by molar-refractivity contribution is 6.02. The van der Waals surface area contributed by atoms with Gasteiger partial charge < -0.3 is 15.8 Å². The lowest BCUT2D eigenvalue weighted by molar-refractivity contribution is -0.136. The summed E-state index contributed by atoms with van der Waals surface area (Å²) in [5.74, 6) is -0.531. The van der Waals surface area contributed by atoms with Crippen LogP contribution in [0.5, 0.6) is 0 Å². The van der Waals surface area contributed by atoms with Gasteiger partial charge in [0.15, 0.2) is 0 Å². The quantitative estimate of drug-likeness (QED) is 0.530. The van der Waals surface area contributed by atoms with Crippen LogP contribution in [0.15, 0.2) is 24.3 Å². The predicted octanol–water partition coefficient (Wildman–Crippen LogP) is 0.754. The first-order valence-corrected chi connectivity index (χ1v) is 5.48. The topological polar surface area (TPSA) is 90.2 Å². The molecule has 0 saturated heterocycles. The molecule has 1 aromatic rings. The maximum atomic E-state index is 11.4. The van der Waals surface area contributed by atoms with Crippen molar-refractivity contribution in [2.45, 2.75) is 18.9 Å². The Hall–Kier alpha value is -2.01. The lowest BCUT2D eigenvalue weighted by Gasteiger charge is -2.21. The number of hydrogen-bond acceptors (Lipinski definition) is 4. The minimum atomic E-state index is -1.62. The van der Waals surface area contributed by atoms with Crippen LogP contribution in [0.1, 0.15) is 29.3 Å². The van der Waals surface area contributed by atoms with E-state index in [1.807, 2.05) is 0 Å². The van der Waals surface area contributed by atoms with E-state index in [9.17, 15) is 14.7 Å². The summed E-state index contributed by atoms with van der Waals surface area (Å²) in [7, 11) is 1.43. The molecule has 1 amide bonds. The lowest BCUT2D eigenvalue weighted by atomic mass is 9.94. The Balaban J connectivity index is 2.81. The number of hydrogen-bond donors (Lipinski definition) is 3. The molecule has 0 aliphatic rings. The number of rotatable bonds is 5. The van der Waals surface area contributed by atoms with Crippen LogP contribution < -0.4 is 5.32 Å². The Kier molecular flexibility index (Phi) is 4.33. The number of carbonyl (C=O) groups is 2. The predicted molar refractivity (Wildman–Crippen MR) is 68.0 cm³/mol. The molecule has 1 rings (SSSR count). The second kappa shape index (κ2) is 5.55. The molecular weight excluding hydrogens is 232 g/mol. The molecule has 5 nitrogen and oxygen atoms in total. The van der Waals surface area contributed by atoms with Gasteiger partial charge in [0.2, 0.25) is 0 Å². The summed E-state index contributed by atoms with van der Waals surface area (Å²) in [4.78, 5) is 21.9. The molecule has 0 aliphatic heterocycles. The molecule has 1 unspecified atom stereocenters. The number of nitrogens with one attached hydrogen (secondary N) is 2. The Labute approximate surface area is 105 Å². The molecule has 0 radical (unpaired) electrons. The molecule has 18 heavy (non-hydrogen) atoms. The van der Waals surface area contributed by atoms with E-state index in [1.165, 1.54) is 14.0 Å². The van der Waals surface area contributed by atoms with Crippen LogP contribution in [0.3, 0.4) is 0 Å². The zero-order valence-corrected chi connectivity index (χ0v) is 10.4. The third-order valence-electron chi connectivity index (χ3n) is 2.63. The van der Waals surface area contributed by atoms with Gasteiger partial charge in [-0.05, 0) is 12.5 Å². The van der Waals surface area contributed by atoms with E-state index in [2.05, 4.69) is 5.32 Å². The first-order chi connectivity index (χ1) is 8.40. The van der Waals surface area contributed by atoms with Crippen molar-refractivity contribution in [1.82, 2.24) is 5.32 Å². The van der Waals surface area contributed by atoms with Crippen molar-refractivity contribution in [3.8, 4) is 0 Å². The molecule has 1 atom stereocenters. The van der Waals surface area contributed by atoms with Crippen molar-refractivity contribution in [2.75, 3.05) is 7.05 Å². The number of benzene rings is 1. The molecule has 0 saturated carbocycles. The second-order valence-electron chi connectivity index (χ2n) is 4.25. The van der Waals surface area contributed by atoms with Gasteiger partial charge in [-0.2, -0.15) is 0 Å². The van der Waals surface area contributed by atoms with Crippen LogP contribution in [0.2, 0.25) is 0 Å². The third kappa shape index (κ3) is 3.24. The van der Waals surface area contributed by atoms with Gasteiger partial charge in [-0.25, -0.2) is 0 Å². The summed E-state index contributed by atoms with van der Waals surface area (Å²) < 4.78 is 0. The smallest absolute Gasteiger partial charge is 0.251 e. The zero-order chi connectivity index (χ0) is 13.8. The first kappa shape index (κ1) is 14.1. The molecule has 96 valence electrons. The molecular formula is C13H16N2O3. The van der Waals surface area contributed by atoms with Crippen molar-refractivity contribution < 1.29 is 14.7 Å². The van der Waals surface area contributed by atoms with Crippen LogP contribution >= 0.6 is 0 Å². The Morgan fingerprint density at radius 2 is 2.00 bits per heavy atom. The van der Waals surface area contributed by atoms with Crippen molar-refractivity contribution in [1.29, 1.82) is 5.41 Å². The average molecular weight is 248 g/mol. The molecule has 0 spiro atoms. The minimum absolute atomic E-state index is 0.0902. The van der Waals surface area contributed by atoms with Crippen molar-refractivity contribution in [2.24, 2.45) is 0 Å². The zero-order valence-electron chi connectivity index (χ0n) is 10.4. The molecule has 1 aromatic carbocycles. The normalized spacial score (nSPS) is 13.5. The van der Waals surface area contributed by atoms with Crippen LogP contribution in [0.25, 0.3) is 0 Å². The van der Waals surface area contributed by atoms with E-state index in [4.69, 9.17) is 5.41 Å². The van der Waals surface area contributed by atoms with Crippen LogP contribution in [0, 0.1) is 5.41 Å². The fourth-order valence-electron chi connectivity index (χ4n) is 1.56. The fourth-order valence-corrected chi connectivity index (χ4v) is 1.56. The Morgan fingerprint density at radius 3 is 2.44 bits per heavy atom. The fraction of sp³-hybridized carbons (Fsp3) is 0.308. The van der Waals surface area contributed by atoms with E-state index in [0.29, 0.717) is 17.4 Å². The highest BCUT2D eigenvalue weighted by Gasteiger charge is 2.30. The molecule has 5 heteroatoms. The number of likely N-dealkylation sites (N-methyl/N-ethyl adjacent to an activating group) is 1. The van der Waals surface area contributed by atoms with Gasteiger partial charge >= 0.3 is 0 Å². The second-order valence-corrected chi connectivity index (χ2v) is 4.25. The molecule has 0 fully saturated rings. The third-order valence-corrected chi connectivity index (χ3v) is 2.63. The van der Waals surface area contributed by atoms with Crippen LogP contribution in [-0.2, 0) is 4.79 Å². The van der Waals surface area contributed by atoms with Gasteiger partial charge in [0.25, 0.3) is 5.91 Å². The molecule has 0 bridgehead atoms. The van der Waals surface area contributed by atoms with Crippen LogP contribution in [0.4, 0.5) is 0 Å². The summed E-state index contributed by atoms with van der Waals surface area (Å²) in [5, 5.41) is 20.1. The van der Waals surface area contributed by atoms with E-state index in [0.717, 1.165) is 0 Å². The Morgan fingerprint density at radius 1 is 1.44 bits per heavy atom.